The molecule has 4 aliphatic rings. The van der Waals surface area contributed by atoms with Crippen molar-refractivity contribution in [2.75, 3.05) is 6.54 Å². The van der Waals surface area contributed by atoms with Gasteiger partial charge in [0.05, 0.1) is 6.54 Å². The minimum Gasteiger partial charge on any atom is -0.357 e. The highest BCUT2D eigenvalue weighted by atomic mass is 32.1. The summed E-state index contributed by atoms with van der Waals surface area (Å²) in [6, 6.07) is 0. The number of hydrogen-bond acceptors (Lipinski definition) is 1. The third-order valence-electron chi connectivity index (χ3n) is 4.68. The van der Waals surface area contributed by atoms with Gasteiger partial charge in [-0.15, -0.1) is 0 Å². The topological polar surface area (TPSA) is 27.6 Å². The summed E-state index contributed by atoms with van der Waals surface area (Å²) in [5.74, 6) is 2.00. The van der Waals surface area contributed by atoms with E-state index in [1.54, 1.807) is 0 Å². The van der Waals surface area contributed by atoms with Crippen LogP contribution in [-0.4, -0.2) is 11.3 Å². The highest BCUT2D eigenvalue weighted by molar-refractivity contribution is 7.81. The van der Waals surface area contributed by atoms with Crippen molar-refractivity contribution in [1.82, 2.24) is 0 Å². The lowest BCUT2D eigenvalue weighted by Gasteiger charge is -2.59. The second kappa shape index (κ2) is 2.46. The summed E-state index contributed by atoms with van der Waals surface area (Å²) >= 11 is 4.93. The Labute approximate surface area is 85.9 Å². The molecule has 0 aliphatic heterocycles. The zero-order valence-electron chi connectivity index (χ0n) is 8.26. The second-order valence-corrected chi connectivity index (χ2v) is 6.88. The van der Waals surface area contributed by atoms with Crippen molar-refractivity contribution in [3.8, 4) is 0 Å². The molecule has 0 unspecified atom stereocenters. The van der Waals surface area contributed by atoms with E-state index in [0.717, 1.165) is 18.4 Å². The predicted octanol–water partition coefficient (Wildman–Crippen LogP) is 1.50. The lowest BCUT2D eigenvalue weighted by atomic mass is 9.49. The Kier molecular flexibility index (Phi) is 1.63. The Morgan fingerprint density at radius 1 is 1.15 bits per heavy atom. The van der Waals surface area contributed by atoms with Crippen LogP contribution in [-0.2, 0) is 0 Å². The van der Waals surface area contributed by atoms with Gasteiger partial charge in [0.15, 0.2) is 0 Å². The van der Waals surface area contributed by atoms with Crippen molar-refractivity contribution >= 4 is 12.6 Å². The Bertz CT molecular complexity index is 224. The Hall–Kier alpha value is 0.310. The van der Waals surface area contributed by atoms with E-state index in [-0.39, 0.29) is 0 Å². The molecule has 74 valence electrons. The van der Waals surface area contributed by atoms with E-state index >= 15 is 0 Å². The molecule has 4 aliphatic carbocycles. The van der Waals surface area contributed by atoms with Crippen LogP contribution in [0.2, 0.25) is 0 Å². The molecule has 0 amide bonds. The monoisotopic (exact) mass is 198 g/mol. The molecule has 0 aromatic rings. The smallest absolute Gasteiger partial charge is 0.0797 e. The van der Waals surface area contributed by atoms with Crippen LogP contribution in [0.4, 0.5) is 0 Å². The third-order valence-corrected chi connectivity index (χ3v) is 5.20. The summed E-state index contributed by atoms with van der Waals surface area (Å²) in [5, 5.41) is 0. The highest BCUT2D eigenvalue weighted by Gasteiger charge is 2.56. The predicted molar refractivity (Wildman–Crippen MR) is 56.6 cm³/mol. The number of quaternary nitrogens is 1. The van der Waals surface area contributed by atoms with Gasteiger partial charge >= 0.3 is 0 Å². The standard InChI is InChI=1S/C11H19NS/c12-7-10-2-8-1-9(3-10)5-11(13,4-8)6-10/h8-9,13H,1-7,12H2/p+1/t8-,9-,10?,11?/m1/s1. The van der Waals surface area contributed by atoms with Crippen molar-refractivity contribution in [1.29, 1.82) is 0 Å². The van der Waals surface area contributed by atoms with Crippen LogP contribution in [0.1, 0.15) is 38.5 Å². The van der Waals surface area contributed by atoms with Gasteiger partial charge < -0.3 is 5.73 Å². The summed E-state index contributed by atoms with van der Waals surface area (Å²) in [6.45, 7) is 1.16. The van der Waals surface area contributed by atoms with E-state index < -0.39 is 0 Å². The van der Waals surface area contributed by atoms with E-state index in [1.807, 2.05) is 0 Å². The van der Waals surface area contributed by atoms with Gasteiger partial charge in [0.1, 0.15) is 0 Å². The first-order valence-corrected chi connectivity index (χ1v) is 6.10. The van der Waals surface area contributed by atoms with E-state index in [9.17, 15) is 0 Å². The summed E-state index contributed by atoms with van der Waals surface area (Å²) in [7, 11) is 0. The molecule has 0 saturated heterocycles. The molecule has 0 radical (unpaired) electrons. The third kappa shape index (κ3) is 1.18. The Balaban J connectivity index is 1.95. The molecule has 2 atom stereocenters. The van der Waals surface area contributed by atoms with Gasteiger partial charge in [-0.1, -0.05) is 0 Å². The Morgan fingerprint density at radius 2 is 1.77 bits per heavy atom. The van der Waals surface area contributed by atoms with Gasteiger partial charge in [0, 0.05) is 10.2 Å². The van der Waals surface area contributed by atoms with E-state index in [4.69, 9.17) is 12.6 Å². The highest BCUT2D eigenvalue weighted by Crippen LogP contribution is 2.62. The van der Waals surface area contributed by atoms with Crippen molar-refractivity contribution in [2.24, 2.45) is 17.3 Å². The van der Waals surface area contributed by atoms with Crippen molar-refractivity contribution in [3.63, 3.8) is 0 Å². The van der Waals surface area contributed by atoms with Crippen molar-refractivity contribution in [3.05, 3.63) is 0 Å². The summed E-state index contributed by atoms with van der Waals surface area (Å²) in [4.78, 5) is 0. The molecule has 1 nitrogen and oxygen atoms in total. The lowest BCUT2D eigenvalue weighted by molar-refractivity contribution is -0.402. The minimum absolute atomic E-state index is 0.418. The largest absolute Gasteiger partial charge is 0.357 e. The molecule has 0 spiro atoms. The first-order valence-electron chi connectivity index (χ1n) is 5.65. The van der Waals surface area contributed by atoms with Crippen LogP contribution in [0.3, 0.4) is 0 Å². The van der Waals surface area contributed by atoms with Crippen molar-refractivity contribution in [2.45, 2.75) is 43.3 Å². The maximum Gasteiger partial charge on any atom is 0.0797 e. The van der Waals surface area contributed by atoms with Gasteiger partial charge in [0.2, 0.25) is 0 Å². The first kappa shape index (κ1) is 8.60. The SMILES string of the molecule is [NH3+]CC12C[C@H]3C[C@@H](CC(S)(C3)C1)C2. The van der Waals surface area contributed by atoms with Crippen LogP contribution in [0, 0.1) is 17.3 Å². The number of thiol groups is 1. The van der Waals surface area contributed by atoms with Gasteiger partial charge in [-0.2, -0.15) is 12.6 Å². The fourth-order valence-electron chi connectivity index (χ4n) is 4.69. The van der Waals surface area contributed by atoms with Gasteiger partial charge in [0.25, 0.3) is 0 Å². The number of rotatable bonds is 1. The molecule has 4 rings (SSSR count). The summed E-state index contributed by atoms with van der Waals surface area (Å²) < 4.78 is 0.418. The number of hydrogen-bond donors (Lipinski definition) is 2. The zero-order chi connectivity index (χ0) is 9.10. The van der Waals surface area contributed by atoms with E-state index in [0.29, 0.717) is 10.2 Å². The molecule has 0 heterocycles. The quantitative estimate of drug-likeness (QED) is 0.598. The molecule has 4 fully saturated rings. The molecule has 0 aromatic carbocycles. The van der Waals surface area contributed by atoms with Gasteiger partial charge in [-0.25, -0.2) is 0 Å². The second-order valence-electron chi connectivity index (χ2n) is 5.94. The average molecular weight is 198 g/mol. The zero-order valence-corrected chi connectivity index (χ0v) is 9.15. The fraction of sp³-hybridized carbons (Fsp3) is 1.00. The molecule has 0 aromatic heterocycles. The van der Waals surface area contributed by atoms with E-state index in [1.165, 1.54) is 38.5 Å². The normalized spacial score (nSPS) is 58.6. The molecular formula is C11H20NS+. The molecule has 4 bridgehead atoms. The van der Waals surface area contributed by atoms with Crippen LogP contribution >= 0.6 is 12.6 Å². The van der Waals surface area contributed by atoms with Gasteiger partial charge in [-0.3, -0.25) is 0 Å². The van der Waals surface area contributed by atoms with Gasteiger partial charge in [-0.05, 0) is 50.4 Å². The first-order chi connectivity index (χ1) is 6.13. The summed E-state index contributed by atoms with van der Waals surface area (Å²) in [5.41, 5.74) is 4.79. The van der Waals surface area contributed by atoms with Crippen LogP contribution < -0.4 is 5.73 Å². The lowest BCUT2D eigenvalue weighted by Crippen LogP contribution is -2.65. The molecule has 2 heteroatoms. The van der Waals surface area contributed by atoms with Crippen LogP contribution in [0.15, 0.2) is 0 Å². The summed E-state index contributed by atoms with van der Waals surface area (Å²) in [6.07, 6.45) is 8.59. The molecule has 13 heavy (non-hydrogen) atoms. The van der Waals surface area contributed by atoms with E-state index in [2.05, 4.69) is 5.73 Å². The minimum atomic E-state index is 0.418. The average Bonchev–Trinajstić information content (AvgIpc) is 1.99. The molecular weight excluding hydrogens is 178 g/mol. The maximum atomic E-state index is 4.93. The Morgan fingerprint density at radius 3 is 2.23 bits per heavy atom. The molecule has 4 saturated carbocycles. The maximum absolute atomic E-state index is 4.93. The fourth-order valence-corrected chi connectivity index (χ4v) is 5.55. The van der Waals surface area contributed by atoms with Crippen LogP contribution in [0.25, 0.3) is 0 Å². The molecule has 3 N–H and O–H groups in total. The van der Waals surface area contributed by atoms with Crippen molar-refractivity contribution < 1.29 is 5.73 Å². The van der Waals surface area contributed by atoms with Crippen LogP contribution in [0.5, 0.6) is 0 Å².